The third-order valence-electron chi connectivity index (χ3n) is 3.61. The second kappa shape index (κ2) is 6.84. The molecule has 5 heteroatoms. The lowest BCUT2D eigenvalue weighted by molar-refractivity contribution is 0.175. The van der Waals surface area contributed by atoms with Crippen LogP contribution in [0.2, 0.25) is 0 Å². The van der Waals surface area contributed by atoms with Crippen molar-refractivity contribution in [3.63, 3.8) is 0 Å². The zero-order valence-corrected chi connectivity index (χ0v) is 14.0. The quantitative estimate of drug-likeness (QED) is 0.780. The third kappa shape index (κ3) is 3.31. The molecule has 2 aromatic carbocycles. The molecule has 0 saturated heterocycles. The standard InChI is InChI=1S/C19H20N2O3/c1-12(2)24-17-9-8-13(10-14(17)11-23-3)18-20-16-7-5-4-6-15(16)19(22)21-18/h4-10,12H,11H2,1-3H3,(H,20,21,22). The highest BCUT2D eigenvalue weighted by Crippen LogP contribution is 2.26. The van der Waals surface area contributed by atoms with Crippen molar-refractivity contribution in [1.82, 2.24) is 9.97 Å². The summed E-state index contributed by atoms with van der Waals surface area (Å²) in [4.78, 5) is 19.7. The van der Waals surface area contributed by atoms with Crippen LogP contribution < -0.4 is 10.3 Å². The molecule has 0 fully saturated rings. The van der Waals surface area contributed by atoms with Crippen LogP contribution in [0.4, 0.5) is 0 Å². The van der Waals surface area contributed by atoms with Gasteiger partial charge in [0.2, 0.25) is 0 Å². The van der Waals surface area contributed by atoms with Crippen molar-refractivity contribution in [3.8, 4) is 17.1 Å². The highest BCUT2D eigenvalue weighted by molar-refractivity contribution is 5.79. The zero-order valence-electron chi connectivity index (χ0n) is 14.0. The van der Waals surface area contributed by atoms with E-state index >= 15 is 0 Å². The van der Waals surface area contributed by atoms with Crippen molar-refractivity contribution in [2.45, 2.75) is 26.6 Å². The normalized spacial score (nSPS) is 11.2. The molecule has 0 aliphatic rings. The number of aromatic nitrogens is 2. The van der Waals surface area contributed by atoms with E-state index in [1.54, 1.807) is 13.2 Å². The first-order valence-corrected chi connectivity index (χ1v) is 7.86. The first-order chi connectivity index (χ1) is 11.6. The number of fused-ring (bicyclic) bond motifs is 1. The fraction of sp³-hybridized carbons (Fsp3) is 0.263. The Morgan fingerprint density at radius 2 is 1.96 bits per heavy atom. The van der Waals surface area contributed by atoms with Crippen LogP contribution in [-0.2, 0) is 11.3 Å². The minimum atomic E-state index is -0.147. The van der Waals surface area contributed by atoms with Crippen LogP contribution in [0.25, 0.3) is 22.3 Å². The summed E-state index contributed by atoms with van der Waals surface area (Å²) >= 11 is 0. The van der Waals surface area contributed by atoms with Crippen LogP contribution in [0.3, 0.4) is 0 Å². The minimum absolute atomic E-state index is 0.0741. The molecular formula is C19H20N2O3. The van der Waals surface area contributed by atoms with E-state index in [4.69, 9.17) is 9.47 Å². The average molecular weight is 324 g/mol. The van der Waals surface area contributed by atoms with Crippen molar-refractivity contribution < 1.29 is 9.47 Å². The van der Waals surface area contributed by atoms with Crippen LogP contribution in [0, 0.1) is 0 Å². The van der Waals surface area contributed by atoms with Crippen LogP contribution >= 0.6 is 0 Å². The average Bonchev–Trinajstić information content (AvgIpc) is 2.56. The molecule has 0 unspecified atom stereocenters. The van der Waals surface area contributed by atoms with Gasteiger partial charge in [-0.05, 0) is 44.2 Å². The van der Waals surface area contributed by atoms with Crippen molar-refractivity contribution in [3.05, 3.63) is 58.4 Å². The third-order valence-corrected chi connectivity index (χ3v) is 3.61. The van der Waals surface area contributed by atoms with E-state index in [0.29, 0.717) is 23.3 Å². The van der Waals surface area contributed by atoms with Gasteiger partial charge in [-0.25, -0.2) is 4.98 Å². The number of para-hydroxylation sites is 1. The zero-order chi connectivity index (χ0) is 17.1. The molecule has 5 nitrogen and oxygen atoms in total. The summed E-state index contributed by atoms with van der Waals surface area (Å²) < 4.78 is 11.1. The summed E-state index contributed by atoms with van der Waals surface area (Å²) in [7, 11) is 1.64. The SMILES string of the molecule is COCc1cc(-c2nc3ccccc3c(=O)[nH]2)ccc1OC(C)C. The molecule has 3 aromatic rings. The number of ether oxygens (including phenoxy) is 2. The van der Waals surface area contributed by atoms with E-state index in [2.05, 4.69) is 9.97 Å². The second-order valence-corrected chi connectivity index (χ2v) is 5.85. The Morgan fingerprint density at radius 3 is 2.71 bits per heavy atom. The number of nitrogens with one attached hydrogen (secondary N) is 1. The molecule has 1 heterocycles. The Labute approximate surface area is 140 Å². The fourth-order valence-corrected chi connectivity index (χ4v) is 2.59. The predicted molar refractivity (Wildman–Crippen MR) is 94.3 cm³/mol. The monoisotopic (exact) mass is 324 g/mol. The Morgan fingerprint density at radius 1 is 1.17 bits per heavy atom. The topological polar surface area (TPSA) is 64.2 Å². The van der Waals surface area contributed by atoms with Gasteiger partial charge in [0, 0.05) is 18.2 Å². The maximum Gasteiger partial charge on any atom is 0.259 e. The number of rotatable bonds is 5. The van der Waals surface area contributed by atoms with E-state index in [9.17, 15) is 4.79 Å². The fourth-order valence-electron chi connectivity index (χ4n) is 2.59. The first-order valence-electron chi connectivity index (χ1n) is 7.86. The van der Waals surface area contributed by atoms with E-state index in [0.717, 1.165) is 16.9 Å². The number of methoxy groups -OCH3 is 1. The molecule has 0 atom stereocenters. The Bertz CT molecular complexity index is 916. The lowest BCUT2D eigenvalue weighted by Crippen LogP contribution is -2.10. The lowest BCUT2D eigenvalue weighted by Gasteiger charge is -2.15. The minimum Gasteiger partial charge on any atom is -0.491 e. The number of benzene rings is 2. The van der Waals surface area contributed by atoms with Crippen molar-refractivity contribution in [2.75, 3.05) is 7.11 Å². The lowest BCUT2D eigenvalue weighted by atomic mass is 10.1. The smallest absolute Gasteiger partial charge is 0.259 e. The van der Waals surface area contributed by atoms with Gasteiger partial charge >= 0.3 is 0 Å². The van der Waals surface area contributed by atoms with Gasteiger partial charge in [-0.15, -0.1) is 0 Å². The van der Waals surface area contributed by atoms with Crippen molar-refractivity contribution in [1.29, 1.82) is 0 Å². The predicted octanol–water partition coefficient (Wildman–Crippen LogP) is 3.52. The first kappa shape index (κ1) is 16.2. The highest BCUT2D eigenvalue weighted by atomic mass is 16.5. The molecule has 1 N–H and O–H groups in total. The number of nitrogens with zero attached hydrogens (tertiary/aromatic N) is 1. The van der Waals surface area contributed by atoms with Crippen LogP contribution in [0.1, 0.15) is 19.4 Å². The number of aromatic amines is 1. The van der Waals surface area contributed by atoms with Crippen molar-refractivity contribution in [2.24, 2.45) is 0 Å². The van der Waals surface area contributed by atoms with Gasteiger partial charge in [0.1, 0.15) is 11.6 Å². The summed E-state index contributed by atoms with van der Waals surface area (Å²) in [6.45, 7) is 4.38. The van der Waals surface area contributed by atoms with E-state index in [1.165, 1.54) is 0 Å². The molecule has 0 amide bonds. The molecule has 0 radical (unpaired) electrons. The summed E-state index contributed by atoms with van der Waals surface area (Å²) in [6.07, 6.45) is 0.0741. The van der Waals surface area contributed by atoms with Gasteiger partial charge in [-0.2, -0.15) is 0 Å². The van der Waals surface area contributed by atoms with E-state index in [-0.39, 0.29) is 11.7 Å². The molecule has 0 aliphatic carbocycles. The summed E-state index contributed by atoms with van der Waals surface area (Å²) in [5, 5.41) is 0.582. The molecule has 0 saturated carbocycles. The molecule has 124 valence electrons. The molecule has 0 aliphatic heterocycles. The summed E-state index contributed by atoms with van der Waals surface area (Å²) in [5.41, 5.74) is 2.26. The Balaban J connectivity index is 2.09. The summed E-state index contributed by atoms with van der Waals surface area (Å²) in [5.74, 6) is 1.31. The van der Waals surface area contributed by atoms with Crippen LogP contribution in [-0.4, -0.2) is 23.2 Å². The maximum absolute atomic E-state index is 12.3. The second-order valence-electron chi connectivity index (χ2n) is 5.85. The Hall–Kier alpha value is -2.66. The number of hydrogen-bond acceptors (Lipinski definition) is 4. The van der Waals surface area contributed by atoms with Gasteiger partial charge in [0.05, 0.1) is 23.6 Å². The van der Waals surface area contributed by atoms with Crippen molar-refractivity contribution >= 4 is 10.9 Å². The molecule has 1 aromatic heterocycles. The van der Waals surface area contributed by atoms with Gasteiger partial charge in [-0.1, -0.05) is 12.1 Å². The largest absolute Gasteiger partial charge is 0.491 e. The molecule has 3 rings (SSSR count). The van der Waals surface area contributed by atoms with E-state index < -0.39 is 0 Å². The van der Waals surface area contributed by atoms with E-state index in [1.807, 2.05) is 50.2 Å². The molecule has 0 spiro atoms. The van der Waals surface area contributed by atoms with Gasteiger partial charge < -0.3 is 14.5 Å². The Kier molecular flexibility index (Phi) is 4.62. The van der Waals surface area contributed by atoms with Gasteiger partial charge in [0.15, 0.2) is 0 Å². The highest BCUT2D eigenvalue weighted by Gasteiger charge is 2.11. The molecular weight excluding hydrogens is 304 g/mol. The summed E-state index contributed by atoms with van der Waals surface area (Å²) in [6, 6.07) is 13.0. The maximum atomic E-state index is 12.3. The van der Waals surface area contributed by atoms with Gasteiger partial charge in [0.25, 0.3) is 5.56 Å². The molecule has 24 heavy (non-hydrogen) atoms. The van der Waals surface area contributed by atoms with Crippen LogP contribution in [0.5, 0.6) is 5.75 Å². The van der Waals surface area contributed by atoms with Crippen LogP contribution in [0.15, 0.2) is 47.3 Å². The number of H-pyrrole nitrogens is 1. The molecule has 0 bridgehead atoms. The number of hydrogen-bond donors (Lipinski definition) is 1. The van der Waals surface area contributed by atoms with Gasteiger partial charge in [-0.3, -0.25) is 4.79 Å².